The Morgan fingerprint density at radius 3 is 2.52 bits per heavy atom. The Morgan fingerprint density at radius 1 is 1.16 bits per heavy atom. The van der Waals surface area contributed by atoms with Crippen LogP contribution in [0.1, 0.15) is 25.8 Å². The second kappa shape index (κ2) is 8.10. The van der Waals surface area contributed by atoms with Crippen molar-refractivity contribution < 1.29 is 14.1 Å². The quantitative estimate of drug-likeness (QED) is 0.512. The lowest BCUT2D eigenvalue weighted by atomic mass is 10.2. The molecule has 1 amide bonds. The number of rotatable bonds is 6. The highest BCUT2D eigenvalue weighted by Gasteiger charge is 2.19. The molecule has 0 radical (unpaired) electrons. The maximum absolute atomic E-state index is 13.1. The maximum atomic E-state index is 13.1. The fourth-order valence-electron chi connectivity index (χ4n) is 3.51. The van der Waals surface area contributed by atoms with Crippen molar-refractivity contribution in [1.29, 1.82) is 0 Å². The van der Waals surface area contributed by atoms with Gasteiger partial charge in [-0.15, -0.1) is 0 Å². The Labute approximate surface area is 178 Å². The van der Waals surface area contributed by atoms with Crippen LogP contribution in [0.3, 0.4) is 0 Å². The molecule has 4 aromatic rings. The van der Waals surface area contributed by atoms with Crippen molar-refractivity contribution >= 4 is 22.6 Å². The molecule has 0 unspecified atom stereocenters. The lowest BCUT2D eigenvalue weighted by Gasteiger charge is -2.07. The van der Waals surface area contributed by atoms with Crippen LogP contribution in [0.4, 0.5) is 5.69 Å². The van der Waals surface area contributed by atoms with Crippen LogP contribution in [0, 0.1) is 6.92 Å². The summed E-state index contributed by atoms with van der Waals surface area (Å²) in [6, 6.07) is 12.4. The van der Waals surface area contributed by atoms with Crippen LogP contribution < -0.4 is 15.7 Å². The lowest BCUT2D eigenvalue weighted by Crippen LogP contribution is -2.30. The molecule has 1 N–H and O–H groups in total. The number of hydrogen-bond donors (Lipinski definition) is 1. The molecule has 2 aromatic heterocycles. The van der Waals surface area contributed by atoms with Gasteiger partial charge < -0.3 is 14.6 Å². The number of nitrogens with zero attached hydrogens (tertiary/aromatic N) is 4. The predicted molar refractivity (Wildman–Crippen MR) is 116 cm³/mol. The van der Waals surface area contributed by atoms with Crippen LogP contribution in [-0.2, 0) is 11.3 Å². The maximum Gasteiger partial charge on any atom is 0.329 e. The molecule has 0 fully saturated rings. The van der Waals surface area contributed by atoms with Gasteiger partial charge >= 0.3 is 5.69 Å². The van der Waals surface area contributed by atoms with Crippen molar-refractivity contribution in [2.24, 2.45) is 0 Å². The van der Waals surface area contributed by atoms with Gasteiger partial charge in [0.2, 0.25) is 17.6 Å². The molecule has 0 aliphatic rings. The third-order valence-electron chi connectivity index (χ3n) is 4.94. The van der Waals surface area contributed by atoms with E-state index in [1.165, 1.54) is 4.57 Å². The van der Waals surface area contributed by atoms with Gasteiger partial charge in [-0.1, -0.05) is 5.16 Å². The molecule has 9 heteroatoms. The van der Waals surface area contributed by atoms with E-state index in [-0.39, 0.29) is 24.2 Å². The van der Waals surface area contributed by atoms with Crippen LogP contribution >= 0.6 is 0 Å². The van der Waals surface area contributed by atoms with E-state index in [1.54, 1.807) is 48.9 Å². The first kappa shape index (κ1) is 20.4. The van der Waals surface area contributed by atoms with Gasteiger partial charge in [0.05, 0.1) is 18.1 Å². The molecule has 2 aromatic carbocycles. The molecule has 4 rings (SSSR count). The summed E-state index contributed by atoms with van der Waals surface area (Å²) in [5.74, 6) is 1.26. The molecule has 160 valence electrons. The fourth-order valence-corrected chi connectivity index (χ4v) is 3.51. The summed E-state index contributed by atoms with van der Waals surface area (Å²) in [5.41, 5.74) is 2.44. The number of nitrogens with one attached hydrogen (secondary N) is 1. The number of aromatic nitrogens is 4. The number of imidazole rings is 1. The summed E-state index contributed by atoms with van der Waals surface area (Å²) in [5, 5.41) is 6.77. The molecular formula is C22H23N5O4. The number of amides is 1. The zero-order valence-corrected chi connectivity index (χ0v) is 17.7. The number of carbonyl (C=O) groups is 1. The summed E-state index contributed by atoms with van der Waals surface area (Å²) in [6.45, 7) is 5.44. The number of hydrogen-bond acceptors (Lipinski definition) is 6. The predicted octanol–water partition coefficient (Wildman–Crippen LogP) is 3.39. The smallest absolute Gasteiger partial charge is 0.329 e. The number of benzene rings is 2. The van der Waals surface area contributed by atoms with Crippen molar-refractivity contribution in [3.05, 3.63) is 58.8 Å². The van der Waals surface area contributed by atoms with Gasteiger partial charge in [0, 0.05) is 24.2 Å². The molecule has 2 heterocycles. The van der Waals surface area contributed by atoms with Crippen molar-refractivity contribution in [3.63, 3.8) is 0 Å². The van der Waals surface area contributed by atoms with Crippen LogP contribution in [-0.4, -0.2) is 32.3 Å². The second-order valence-corrected chi connectivity index (χ2v) is 7.45. The molecule has 0 bridgehead atoms. The highest BCUT2D eigenvalue weighted by molar-refractivity contribution is 5.92. The summed E-state index contributed by atoms with van der Waals surface area (Å²) >= 11 is 0. The largest absolute Gasteiger partial charge is 0.497 e. The molecule has 0 aliphatic heterocycles. The average Bonchev–Trinajstić information content (AvgIpc) is 3.29. The topological polar surface area (TPSA) is 104 Å². The minimum absolute atomic E-state index is 0.0702. The number of ether oxygens (including phenoxy) is 1. The number of carbonyl (C=O) groups excluding carboxylic acids is 1. The van der Waals surface area contributed by atoms with Crippen LogP contribution in [0.25, 0.3) is 22.4 Å². The third kappa shape index (κ3) is 3.94. The third-order valence-corrected chi connectivity index (χ3v) is 4.94. The van der Waals surface area contributed by atoms with E-state index >= 15 is 0 Å². The van der Waals surface area contributed by atoms with Crippen LogP contribution in [0.15, 0.2) is 51.8 Å². The van der Waals surface area contributed by atoms with Crippen LogP contribution in [0.2, 0.25) is 0 Å². The highest BCUT2D eigenvalue weighted by atomic mass is 16.5. The van der Waals surface area contributed by atoms with E-state index in [1.807, 2.05) is 26.0 Å². The summed E-state index contributed by atoms with van der Waals surface area (Å²) < 4.78 is 13.3. The standard InChI is InChI=1S/C22H23N5O4/c1-13(2)27-18-10-5-15(21-23-14(3)31-25-21)11-19(18)26(22(27)29)12-20(28)24-16-6-8-17(30-4)9-7-16/h5-11,13H,12H2,1-4H3,(H,24,28). The number of methoxy groups -OCH3 is 1. The molecular weight excluding hydrogens is 398 g/mol. The Morgan fingerprint density at radius 2 is 1.90 bits per heavy atom. The zero-order chi connectivity index (χ0) is 22.1. The molecule has 0 saturated heterocycles. The van der Waals surface area contributed by atoms with E-state index in [2.05, 4.69) is 15.5 Å². The van der Waals surface area contributed by atoms with Crippen LogP contribution in [0.5, 0.6) is 5.75 Å². The average molecular weight is 421 g/mol. The Balaban J connectivity index is 1.71. The van der Waals surface area contributed by atoms with E-state index in [4.69, 9.17) is 9.26 Å². The Bertz CT molecular complexity index is 1300. The number of anilines is 1. The van der Waals surface area contributed by atoms with E-state index < -0.39 is 0 Å². The van der Waals surface area contributed by atoms with Gasteiger partial charge in [0.1, 0.15) is 12.3 Å². The minimum Gasteiger partial charge on any atom is -0.497 e. The zero-order valence-electron chi connectivity index (χ0n) is 17.7. The van der Waals surface area contributed by atoms with Gasteiger partial charge in [-0.2, -0.15) is 4.98 Å². The number of aryl methyl sites for hydroxylation is 1. The van der Waals surface area contributed by atoms with Gasteiger partial charge in [0.15, 0.2) is 0 Å². The first-order chi connectivity index (χ1) is 14.9. The first-order valence-electron chi connectivity index (χ1n) is 9.86. The minimum atomic E-state index is -0.309. The lowest BCUT2D eigenvalue weighted by molar-refractivity contribution is -0.116. The van der Waals surface area contributed by atoms with Gasteiger partial charge in [-0.05, 0) is 56.3 Å². The summed E-state index contributed by atoms with van der Waals surface area (Å²) in [7, 11) is 1.58. The molecule has 0 aliphatic carbocycles. The molecule has 31 heavy (non-hydrogen) atoms. The monoisotopic (exact) mass is 421 g/mol. The molecule has 0 spiro atoms. The second-order valence-electron chi connectivity index (χ2n) is 7.45. The van der Waals surface area contributed by atoms with Crippen molar-refractivity contribution in [2.45, 2.75) is 33.4 Å². The van der Waals surface area contributed by atoms with Gasteiger partial charge in [0.25, 0.3) is 0 Å². The molecule has 0 saturated carbocycles. The Hall–Kier alpha value is -3.88. The van der Waals surface area contributed by atoms with E-state index in [0.29, 0.717) is 34.2 Å². The SMILES string of the molecule is COc1ccc(NC(=O)Cn2c(=O)n(C(C)C)c3ccc(-c4noc(C)n4)cc32)cc1. The van der Waals surface area contributed by atoms with E-state index in [0.717, 1.165) is 5.52 Å². The van der Waals surface area contributed by atoms with Crippen molar-refractivity contribution in [2.75, 3.05) is 12.4 Å². The van der Waals surface area contributed by atoms with Crippen molar-refractivity contribution in [1.82, 2.24) is 19.3 Å². The number of fused-ring (bicyclic) bond motifs is 1. The van der Waals surface area contributed by atoms with Gasteiger partial charge in [-0.3, -0.25) is 13.9 Å². The van der Waals surface area contributed by atoms with Crippen molar-refractivity contribution in [3.8, 4) is 17.1 Å². The Kier molecular flexibility index (Phi) is 5.33. The molecule has 9 nitrogen and oxygen atoms in total. The highest BCUT2D eigenvalue weighted by Crippen LogP contribution is 2.24. The molecule has 0 atom stereocenters. The first-order valence-corrected chi connectivity index (χ1v) is 9.86. The summed E-state index contributed by atoms with van der Waals surface area (Å²) in [6.07, 6.45) is 0. The van der Waals surface area contributed by atoms with E-state index in [9.17, 15) is 9.59 Å². The normalized spacial score (nSPS) is 11.3. The summed E-state index contributed by atoms with van der Waals surface area (Å²) in [4.78, 5) is 30.1. The van der Waals surface area contributed by atoms with Gasteiger partial charge in [-0.25, -0.2) is 4.79 Å². The fraction of sp³-hybridized carbons (Fsp3) is 0.273.